The van der Waals surface area contributed by atoms with E-state index in [1.807, 2.05) is 13.8 Å². The van der Waals surface area contributed by atoms with Crippen LogP contribution in [-0.2, 0) is 4.74 Å². The second-order valence-corrected chi connectivity index (χ2v) is 3.83. The lowest BCUT2D eigenvalue weighted by atomic mass is 9.95. The molecule has 2 heteroatoms. The number of aliphatic imine (C=N–C) groups is 1. The van der Waals surface area contributed by atoms with E-state index in [4.69, 9.17) is 4.74 Å². The SMILES string of the molecule is CC.CC/C(=C\C(C)(C)C)N=COC. The zero-order chi connectivity index (χ0) is 11.6. The number of rotatable bonds is 3. The fourth-order valence-electron chi connectivity index (χ4n) is 0.851. The molecule has 0 aromatic heterocycles. The van der Waals surface area contributed by atoms with Crippen molar-refractivity contribution in [1.29, 1.82) is 0 Å². The highest BCUT2D eigenvalue weighted by atomic mass is 16.5. The van der Waals surface area contributed by atoms with Crippen LogP contribution in [0.15, 0.2) is 16.8 Å². The van der Waals surface area contributed by atoms with Crippen molar-refractivity contribution in [3.05, 3.63) is 11.8 Å². The van der Waals surface area contributed by atoms with Gasteiger partial charge in [-0.1, -0.05) is 47.6 Å². The lowest BCUT2D eigenvalue weighted by molar-refractivity contribution is 0.422. The van der Waals surface area contributed by atoms with E-state index in [9.17, 15) is 0 Å². The maximum absolute atomic E-state index is 4.76. The van der Waals surface area contributed by atoms with Gasteiger partial charge in [0.15, 0.2) is 6.40 Å². The predicted octanol–water partition coefficient (Wildman–Crippen LogP) is 4.03. The van der Waals surface area contributed by atoms with Crippen molar-refractivity contribution in [3.8, 4) is 0 Å². The smallest absolute Gasteiger partial charge is 0.173 e. The third-order valence-corrected chi connectivity index (χ3v) is 1.29. The van der Waals surface area contributed by atoms with E-state index in [1.165, 1.54) is 6.40 Å². The van der Waals surface area contributed by atoms with E-state index in [1.54, 1.807) is 7.11 Å². The zero-order valence-corrected chi connectivity index (χ0v) is 10.7. The Hall–Kier alpha value is -0.790. The summed E-state index contributed by atoms with van der Waals surface area (Å²) in [5, 5.41) is 0. The molecule has 0 radical (unpaired) electrons. The maximum Gasteiger partial charge on any atom is 0.173 e. The summed E-state index contributed by atoms with van der Waals surface area (Å²) in [6.07, 6.45) is 4.57. The van der Waals surface area contributed by atoms with Gasteiger partial charge in [-0.25, -0.2) is 4.99 Å². The van der Waals surface area contributed by atoms with Crippen molar-refractivity contribution in [2.75, 3.05) is 7.11 Å². The van der Waals surface area contributed by atoms with Crippen molar-refractivity contribution >= 4 is 6.40 Å². The summed E-state index contributed by atoms with van der Waals surface area (Å²) in [5.74, 6) is 0. The summed E-state index contributed by atoms with van der Waals surface area (Å²) < 4.78 is 4.76. The van der Waals surface area contributed by atoms with E-state index in [-0.39, 0.29) is 5.41 Å². The minimum atomic E-state index is 0.191. The molecule has 0 amide bonds. The first-order chi connectivity index (χ1) is 6.49. The molecule has 0 aliphatic rings. The van der Waals surface area contributed by atoms with Crippen molar-refractivity contribution in [3.63, 3.8) is 0 Å². The molecule has 0 rings (SSSR count). The third kappa shape index (κ3) is 11.2. The van der Waals surface area contributed by atoms with Gasteiger partial charge in [0.05, 0.1) is 7.11 Å². The molecule has 0 fully saturated rings. The van der Waals surface area contributed by atoms with Crippen LogP contribution in [0.1, 0.15) is 48.0 Å². The van der Waals surface area contributed by atoms with Gasteiger partial charge in [-0.05, 0) is 11.8 Å². The van der Waals surface area contributed by atoms with Gasteiger partial charge in [-0.15, -0.1) is 0 Å². The van der Waals surface area contributed by atoms with Crippen LogP contribution in [0.2, 0.25) is 0 Å². The number of hydrogen-bond donors (Lipinski definition) is 0. The average molecular weight is 199 g/mol. The Labute approximate surface area is 89.1 Å². The van der Waals surface area contributed by atoms with Crippen LogP contribution in [0.4, 0.5) is 0 Å². The Kier molecular flexibility index (Phi) is 9.84. The van der Waals surface area contributed by atoms with Crippen LogP contribution in [-0.4, -0.2) is 13.5 Å². The van der Waals surface area contributed by atoms with Crippen molar-refractivity contribution < 1.29 is 4.74 Å². The molecule has 0 bridgehead atoms. The number of allylic oxidation sites excluding steroid dienone is 2. The van der Waals surface area contributed by atoms with Crippen LogP contribution in [0.3, 0.4) is 0 Å². The molecule has 14 heavy (non-hydrogen) atoms. The molecule has 84 valence electrons. The van der Waals surface area contributed by atoms with E-state index < -0.39 is 0 Å². The zero-order valence-electron chi connectivity index (χ0n) is 10.7. The molecule has 0 N–H and O–H groups in total. The van der Waals surface area contributed by atoms with Gasteiger partial charge in [0.1, 0.15) is 0 Å². The quantitative estimate of drug-likeness (QED) is 0.497. The normalized spacial score (nSPS) is 12.4. The van der Waals surface area contributed by atoms with Crippen LogP contribution in [0, 0.1) is 5.41 Å². The second kappa shape index (κ2) is 8.79. The largest absolute Gasteiger partial charge is 0.486 e. The summed E-state index contributed by atoms with van der Waals surface area (Å²) in [5.41, 5.74) is 1.26. The van der Waals surface area contributed by atoms with Crippen LogP contribution in [0.5, 0.6) is 0 Å². The molecular formula is C12H25NO. The van der Waals surface area contributed by atoms with Gasteiger partial charge < -0.3 is 4.74 Å². The Bertz CT molecular complexity index is 175. The molecule has 0 unspecified atom stereocenters. The molecule has 0 aromatic rings. The topological polar surface area (TPSA) is 21.6 Å². The van der Waals surface area contributed by atoms with Crippen molar-refractivity contribution in [1.82, 2.24) is 0 Å². The second-order valence-electron chi connectivity index (χ2n) is 3.83. The van der Waals surface area contributed by atoms with E-state index in [0.717, 1.165) is 12.1 Å². The standard InChI is InChI=1S/C10H19NO.C2H6/c1-6-9(11-8-12-5)7-10(2,3)4;1-2/h7-8H,6H2,1-5H3;1-2H3/b9-7+,11-8?;. The van der Waals surface area contributed by atoms with Gasteiger partial charge in [0.25, 0.3) is 0 Å². The minimum absolute atomic E-state index is 0.191. The van der Waals surface area contributed by atoms with Gasteiger partial charge in [0.2, 0.25) is 0 Å². The summed E-state index contributed by atoms with van der Waals surface area (Å²) in [6, 6.07) is 0. The predicted molar refractivity (Wildman–Crippen MR) is 64.7 cm³/mol. The fraction of sp³-hybridized carbons (Fsp3) is 0.750. The number of nitrogens with zero attached hydrogens (tertiary/aromatic N) is 1. The molecule has 0 spiro atoms. The Balaban J connectivity index is 0. The number of ether oxygens (including phenoxy) is 1. The van der Waals surface area contributed by atoms with Crippen molar-refractivity contribution in [2.45, 2.75) is 48.0 Å². The lowest BCUT2D eigenvalue weighted by Gasteiger charge is -2.12. The lowest BCUT2D eigenvalue weighted by Crippen LogP contribution is -2.00. The Morgan fingerprint density at radius 1 is 1.29 bits per heavy atom. The average Bonchev–Trinajstić information content (AvgIpc) is 2.14. The summed E-state index contributed by atoms with van der Waals surface area (Å²) in [6.45, 7) is 12.6. The molecule has 0 aromatic carbocycles. The molecule has 0 saturated heterocycles. The maximum atomic E-state index is 4.76. The Morgan fingerprint density at radius 3 is 2.07 bits per heavy atom. The summed E-state index contributed by atoms with van der Waals surface area (Å²) in [4.78, 5) is 4.16. The van der Waals surface area contributed by atoms with E-state index >= 15 is 0 Å². The van der Waals surface area contributed by atoms with Crippen LogP contribution < -0.4 is 0 Å². The number of hydrogen-bond acceptors (Lipinski definition) is 2. The molecule has 0 aliphatic carbocycles. The van der Waals surface area contributed by atoms with Crippen LogP contribution in [0.25, 0.3) is 0 Å². The molecule has 0 atom stereocenters. The first kappa shape index (κ1) is 15.7. The molecular weight excluding hydrogens is 174 g/mol. The first-order valence-electron chi connectivity index (χ1n) is 5.26. The van der Waals surface area contributed by atoms with E-state index in [0.29, 0.717) is 0 Å². The van der Waals surface area contributed by atoms with Crippen molar-refractivity contribution in [2.24, 2.45) is 10.4 Å². The number of methoxy groups -OCH3 is 1. The highest BCUT2D eigenvalue weighted by Crippen LogP contribution is 2.19. The molecule has 0 heterocycles. The highest BCUT2D eigenvalue weighted by molar-refractivity contribution is 5.48. The minimum Gasteiger partial charge on any atom is -0.486 e. The van der Waals surface area contributed by atoms with Gasteiger partial charge in [-0.3, -0.25) is 0 Å². The third-order valence-electron chi connectivity index (χ3n) is 1.29. The fourth-order valence-corrected chi connectivity index (χ4v) is 0.851. The monoisotopic (exact) mass is 199 g/mol. The van der Waals surface area contributed by atoms with Gasteiger partial charge in [-0.2, -0.15) is 0 Å². The Morgan fingerprint density at radius 2 is 1.79 bits per heavy atom. The highest BCUT2D eigenvalue weighted by Gasteiger charge is 2.06. The van der Waals surface area contributed by atoms with E-state index in [2.05, 4.69) is 38.8 Å². The molecule has 0 saturated carbocycles. The van der Waals surface area contributed by atoms with Gasteiger partial charge in [0, 0.05) is 5.70 Å². The summed E-state index contributed by atoms with van der Waals surface area (Å²) >= 11 is 0. The molecule has 2 nitrogen and oxygen atoms in total. The first-order valence-corrected chi connectivity index (χ1v) is 5.26. The van der Waals surface area contributed by atoms with Crippen LogP contribution >= 0.6 is 0 Å². The summed E-state index contributed by atoms with van der Waals surface area (Å²) in [7, 11) is 1.61. The van der Waals surface area contributed by atoms with Gasteiger partial charge >= 0.3 is 0 Å². The molecule has 0 aliphatic heterocycles.